The number of hydrogen-bond acceptors (Lipinski definition) is 3. The summed E-state index contributed by atoms with van der Waals surface area (Å²) in [6, 6.07) is 4.30. The summed E-state index contributed by atoms with van der Waals surface area (Å²) in [5.41, 5.74) is 0.0545. The number of nitrogens with zero attached hydrogens (tertiary/aromatic N) is 1. The number of hydrogen-bond donors (Lipinski definition) is 1. The summed E-state index contributed by atoms with van der Waals surface area (Å²) in [5, 5.41) is 11.6. The van der Waals surface area contributed by atoms with Gasteiger partial charge in [0.25, 0.3) is 0 Å². The van der Waals surface area contributed by atoms with Crippen LogP contribution in [0.1, 0.15) is 31.6 Å². The number of likely N-dealkylation sites (N-methyl/N-ethyl adjacent to an activating group) is 1. The zero-order valence-electron chi connectivity index (χ0n) is 11.3. The van der Waals surface area contributed by atoms with Gasteiger partial charge < -0.3 is 10.0 Å². The van der Waals surface area contributed by atoms with Crippen LogP contribution in [0.15, 0.2) is 17.5 Å². The van der Waals surface area contributed by atoms with E-state index in [0.717, 1.165) is 32.4 Å². The fourth-order valence-corrected chi connectivity index (χ4v) is 3.00. The van der Waals surface area contributed by atoms with Crippen LogP contribution in [0.2, 0.25) is 0 Å². The molecule has 0 spiro atoms. The summed E-state index contributed by atoms with van der Waals surface area (Å²) in [4.78, 5) is 3.78. The maximum absolute atomic E-state index is 9.49. The first-order chi connectivity index (χ1) is 8.09. The Morgan fingerprint density at radius 2 is 2.24 bits per heavy atom. The number of aliphatic hydroxyl groups is 1. The Kier molecular flexibility index (Phi) is 6.17. The fourth-order valence-electron chi connectivity index (χ4n) is 2.30. The van der Waals surface area contributed by atoms with Crippen molar-refractivity contribution in [1.82, 2.24) is 4.90 Å². The molecule has 1 atom stereocenters. The lowest BCUT2D eigenvalue weighted by atomic mass is 9.86. The molecular weight excluding hydrogens is 230 g/mol. The van der Waals surface area contributed by atoms with Gasteiger partial charge >= 0.3 is 0 Å². The van der Waals surface area contributed by atoms with Gasteiger partial charge in [-0.15, -0.1) is 11.3 Å². The molecule has 2 nitrogen and oxygen atoms in total. The average Bonchev–Trinajstić information content (AvgIpc) is 2.79. The summed E-state index contributed by atoms with van der Waals surface area (Å²) in [5.74, 6) is 0. The zero-order chi connectivity index (χ0) is 12.7. The van der Waals surface area contributed by atoms with Crippen LogP contribution in [0.25, 0.3) is 0 Å². The summed E-state index contributed by atoms with van der Waals surface area (Å²) >= 11 is 1.82. The molecule has 0 aliphatic rings. The molecule has 0 bridgehead atoms. The Hall–Kier alpha value is -0.380. The summed E-state index contributed by atoms with van der Waals surface area (Å²) in [7, 11) is 2.15. The highest BCUT2D eigenvalue weighted by Crippen LogP contribution is 2.23. The molecule has 1 heterocycles. The van der Waals surface area contributed by atoms with Crippen LogP contribution in [0.4, 0.5) is 0 Å². The average molecular weight is 255 g/mol. The molecule has 1 N–H and O–H groups in total. The van der Waals surface area contributed by atoms with Crippen LogP contribution in [-0.4, -0.2) is 36.8 Å². The van der Waals surface area contributed by atoms with Crippen molar-refractivity contribution < 1.29 is 5.11 Å². The Morgan fingerprint density at radius 1 is 1.47 bits per heavy atom. The second-order valence-corrected chi connectivity index (χ2v) is 6.32. The highest BCUT2D eigenvalue weighted by atomic mass is 32.1. The molecule has 17 heavy (non-hydrogen) atoms. The van der Waals surface area contributed by atoms with Crippen molar-refractivity contribution in [3.05, 3.63) is 22.4 Å². The standard InChI is InChI=1S/C14H25NOS/c1-4-8-14(2,12-16)11-15(3)9-7-13-6-5-10-17-13/h5-6,10,16H,4,7-9,11-12H2,1-3H3. The van der Waals surface area contributed by atoms with E-state index >= 15 is 0 Å². The Bertz CT molecular complexity index is 299. The van der Waals surface area contributed by atoms with Crippen molar-refractivity contribution in [3.8, 4) is 0 Å². The predicted octanol–water partition coefficient (Wildman–Crippen LogP) is 3.02. The highest BCUT2D eigenvalue weighted by molar-refractivity contribution is 7.09. The first-order valence-corrected chi connectivity index (χ1v) is 7.29. The molecule has 0 fully saturated rings. The third-order valence-electron chi connectivity index (χ3n) is 3.21. The predicted molar refractivity (Wildman–Crippen MR) is 75.6 cm³/mol. The molecule has 0 aromatic carbocycles. The number of rotatable bonds is 8. The summed E-state index contributed by atoms with van der Waals surface area (Å²) < 4.78 is 0. The van der Waals surface area contributed by atoms with Crippen LogP contribution < -0.4 is 0 Å². The van der Waals surface area contributed by atoms with Gasteiger partial charge in [0.1, 0.15) is 0 Å². The molecule has 0 amide bonds. The first-order valence-electron chi connectivity index (χ1n) is 6.41. The molecule has 3 heteroatoms. The number of aliphatic hydroxyl groups excluding tert-OH is 1. The van der Waals surface area contributed by atoms with Crippen molar-refractivity contribution >= 4 is 11.3 Å². The second-order valence-electron chi connectivity index (χ2n) is 5.29. The van der Waals surface area contributed by atoms with E-state index in [2.05, 4.69) is 43.3 Å². The SMILES string of the molecule is CCCC(C)(CO)CN(C)CCc1cccs1. The van der Waals surface area contributed by atoms with E-state index in [4.69, 9.17) is 0 Å². The minimum atomic E-state index is 0.0545. The van der Waals surface area contributed by atoms with E-state index in [1.807, 2.05) is 11.3 Å². The number of thiophene rings is 1. The minimum absolute atomic E-state index is 0.0545. The van der Waals surface area contributed by atoms with Gasteiger partial charge in [0.2, 0.25) is 0 Å². The van der Waals surface area contributed by atoms with Crippen LogP contribution in [-0.2, 0) is 6.42 Å². The minimum Gasteiger partial charge on any atom is -0.396 e. The summed E-state index contributed by atoms with van der Waals surface area (Å²) in [6.07, 6.45) is 3.34. The first kappa shape index (κ1) is 14.7. The van der Waals surface area contributed by atoms with Crippen LogP contribution in [0.3, 0.4) is 0 Å². The molecule has 0 aliphatic carbocycles. The molecule has 98 valence electrons. The lowest BCUT2D eigenvalue weighted by molar-refractivity contribution is 0.0909. The highest BCUT2D eigenvalue weighted by Gasteiger charge is 2.23. The van der Waals surface area contributed by atoms with Gasteiger partial charge in [-0.2, -0.15) is 0 Å². The van der Waals surface area contributed by atoms with E-state index in [9.17, 15) is 5.11 Å². The van der Waals surface area contributed by atoms with Crippen molar-refractivity contribution in [2.45, 2.75) is 33.1 Å². The van der Waals surface area contributed by atoms with Gasteiger partial charge in [0.15, 0.2) is 0 Å². The van der Waals surface area contributed by atoms with Crippen molar-refractivity contribution in [3.63, 3.8) is 0 Å². The summed E-state index contributed by atoms with van der Waals surface area (Å²) in [6.45, 7) is 6.68. The quantitative estimate of drug-likeness (QED) is 0.772. The molecule has 1 rings (SSSR count). The van der Waals surface area contributed by atoms with Gasteiger partial charge in [-0.05, 0) is 31.3 Å². The lowest BCUT2D eigenvalue weighted by Gasteiger charge is -2.32. The fraction of sp³-hybridized carbons (Fsp3) is 0.714. The molecule has 1 aromatic rings. The molecular formula is C14H25NOS. The van der Waals surface area contributed by atoms with Gasteiger partial charge in [-0.25, -0.2) is 0 Å². The molecule has 0 saturated heterocycles. The molecule has 0 radical (unpaired) electrons. The topological polar surface area (TPSA) is 23.5 Å². The van der Waals surface area contributed by atoms with E-state index < -0.39 is 0 Å². The van der Waals surface area contributed by atoms with E-state index in [-0.39, 0.29) is 12.0 Å². The van der Waals surface area contributed by atoms with Crippen LogP contribution in [0.5, 0.6) is 0 Å². The third kappa shape index (κ3) is 5.19. The van der Waals surface area contributed by atoms with Crippen LogP contribution >= 0.6 is 11.3 Å². The van der Waals surface area contributed by atoms with Crippen molar-refractivity contribution in [2.24, 2.45) is 5.41 Å². The van der Waals surface area contributed by atoms with Crippen LogP contribution in [0, 0.1) is 5.41 Å². The molecule has 1 aromatic heterocycles. The van der Waals surface area contributed by atoms with E-state index in [1.165, 1.54) is 4.88 Å². The monoisotopic (exact) mass is 255 g/mol. The lowest BCUT2D eigenvalue weighted by Crippen LogP contribution is -2.37. The Morgan fingerprint density at radius 3 is 2.76 bits per heavy atom. The van der Waals surface area contributed by atoms with Gasteiger partial charge in [0.05, 0.1) is 0 Å². The van der Waals surface area contributed by atoms with Crippen molar-refractivity contribution in [1.29, 1.82) is 0 Å². The molecule has 0 saturated carbocycles. The van der Waals surface area contributed by atoms with Gasteiger partial charge in [0, 0.05) is 30.0 Å². The van der Waals surface area contributed by atoms with Gasteiger partial charge in [-0.1, -0.05) is 26.3 Å². The normalized spacial score (nSPS) is 15.1. The molecule has 0 aliphatic heterocycles. The van der Waals surface area contributed by atoms with E-state index in [0.29, 0.717) is 0 Å². The smallest absolute Gasteiger partial charge is 0.0497 e. The Labute approximate surface area is 109 Å². The van der Waals surface area contributed by atoms with E-state index in [1.54, 1.807) is 0 Å². The van der Waals surface area contributed by atoms with Crippen molar-refractivity contribution in [2.75, 3.05) is 26.7 Å². The van der Waals surface area contributed by atoms with Gasteiger partial charge in [-0.3, -0.25) is 0 Å². The third-order valence-corrected chi connectivity index (χ3v) is 4.14. The Balaban J connectivity index is 2.34. The molecule has 1 unspecified atom stereocenters. The largest absolute Gasteiger partial charge is 0.396 e. The maximum Gasteiger partial charge on any atom is 0.0497 e. The maximum atomic E-state index is 9.49. The zero-order valence-corrected chi connectivity index (χ0v) is 12.1. The second kappa shape index (κ2) is 7.14.